The van der Waals surface area contributed by atoms with Gasteiger partial charge in [0.1, 0.15) is 0 Å². The van der Waals surface area contributed by atoms with Gasteiger partial charge >= 0.3 is 0 Å². The Morgan fingerprint density at radius 2 is 1.93 bits per heavy atom. The molecule has 0 fully saturated rings. The van der Waals surface area contributed by atoms with Crippen LogP contribution in [0.3, 0.4) is 0 Å². The summed E-state index contributed by atoms with van der Waals surface area (Å²) in [6.07, 6.45) is 2.81. The van der Waals surface area contributed by atoms with Crippen LogP contribution < -0.4 is 0 Å². The van der Waals surface area contributed by atoms with Crippen molar-refractivity contribution in [2.24, 2.45) is 0 Å². The predicted octanol–water partition coefficient (Wildman–Crippen LogP) is 3.90. The second-order valence-electron chi connectivity index (χ2n) is 4.68. The molecule has 0 atom stereocenters. The number of hydrogen-bond acceptors (Lipinski definition) is 1. The zero-order valence-electron chi connectivity index (χ0n) is 9.61. The Morgan fingerprint density at radius 3 is 2.36 bits per heavy atom. The first kappa shape index (κ1) is 11.5. The molecule has 0 aliphatic carbocycles. The molecule has 0 aliphatic heterocycles. The zero-order chi connectivity index (χ0) is 10.9. The molecule has 0 saturated carbocycles. The van der Waals surface area contributed by atoms with Crippen molar-refractivity contribution in [1.29, 1.82) is 0 Å². The average Bonchev–Trinajstić information content (AvgIpc) is 2.02. The Kier molecular flexibility index (Phi) is 3.20. The molecule has 0 radical (unpaired) electrons. The van der Waals surface area contributed by atoms with E-state index in [0.717, 1.165) is 17.1 Å². The molecule has 1 heterocycles. The van der Waals surface area contributed by atoms with E-state index in [1.165, 1.54) is 11.1 Å². The van der Waals surface area contributed by atoms with Crippen molar-refractivity contribution in [2.75, 3.05) is 0 Å². The van der Waals surface area contributed by atoms with Gasteiger partial charge in [0.15, 0.2) is 0 Å². The summed E-state index contributed by atoms with van der Waals surface area (Å²) in [5.74, 6) is 0. The van der Waals surface area contributed by atoms with Crippen molar-refractivity contribution >= 4 is 11.6 Å². The minimum absolute atomic E-state index is 0.0913. The van der Waals surface area contributed by atoms with Crippen LogP contribution in [0, 0.1) is 6.92 Å². The van der Waals surface area contributed by atoms with Crippen LogP contribution in [0.25, 0.3) is 0 Å². The monoisotopic (exact) mass is 211 g/mol. The van der Waals surface area contributed by atoms with Crippen LogP contribution in [-0.2, 0) is 11.8 Å². The minimum atomic E-state index is 0.0913. The molecular weight excluding hydrogens is 194 g/mol. The van der Waals surface area contributed by atoms with Crippen molar-refractivity contribution < 1.29 is 0 Å². The molecule has 2 heteroatoms. The van der Waals surface area contributed by atoms with Crippen LogP contribution in [0.15, 0.2) is 6.20 Å². The number of pyridine rings is 1. The largest absolute Gasteiger partial charge is 0.259 e. The minimum Gasteiger partial charge on any atom is -0.259 e. The van der Waals surface area contributed by atoms with Crippen molar-refractivity contribution in [3.05, 3.63) is 28.0 Å². The molecule has 1 rings (SSSR count). The van der Waals surface area contributed by atoms with E-state index in [2.05, 4.69) is 39.6 Å². The van der Waals surface area contributed by atoms with E-state index in [0.29, 0.717) is 0 Å². The van der Waals surface area contributed by atoms with Gasteiger partial charge in [-0.25, -0.2) is 0 Å². The van der Waals surface area contributed by atoms with E-state index in [1.807, 2.05) is 6.20 Å². The second-order valence-corrected chi connectivity index (χ2v) is 5.06. The van der Waals surface area contributed by atoms with Crippen LogP contribution in [0.5, 0.6) is 0 Å². The lowest BCUT2D eigenvalue weighted by molar-refractivity contribution is 0.584. The highest BCUT2D eigenvalue weighted by molar-refractivity contribution is 6.32. The SMILES string of the molecule is CCc1ncc(C)c(C(C)(C)C)c1Cl. The summed E-state index contributed by atoms with van der Waals surface area (Å²) in [7, 11) is 0. The highest BCUT2D eigenvalue weighted by Crippen LogP contribution is 2.33. The van der Waals surface area contributed by atoms with Crippen LogP contribution in [0.2, 0.25) is 5.02 Å². The number of aromatic nitrogens is 1. The summed E-state index contributed by atoms with van der Waals surface area (Å²) in [6, 6.07) is 0. The third-order valence-corrected chi connectivity index (χ3v) is 2.77. The maximum atomic E-state index is 6.34. The van der Waals surface area contributed by atoms with Gasteiger partial charge < -0.3 is 0 Å². The molecule has 14 heavy (non-hydrogen) atoms. The summed E-state index contributed by atoms with van der Waals surface area (Å²) >= 11 is 6.34. The van der Waals surface area contributed by atoms with E-state index in [9.17, 15) is 0 Å². The van der Waals surface area contributed by atoms with Crippen molar-refractivity contribution in [1.82, 2.24) is 4.98 Å². The Bertz CT molecular complexity index is 337. The molecule has 0 saturated heterocycles. The Hall–Kier alpha value is -0.560. The van der Waals surface area contributed by atoms with Crippen LogP contribution in [-0.4, -0.2) is 4.98 Å². The summed E-state index contributed by atoms with van der Waals surface area (Å²) in [4.78, 5) is 4.34. The summed E-state index contributed by atoms with van der Waals surface area (Å²) in [5.41, 5.74) is 3.50. The third kappa shape index (κ3) is 2.09. The zero-order valence-corrected chi connectivity index (χ0v) is 10.4. The van der Waals surface area contributed by atoms with Gasteiger partial charge in [-0.2, -0.15) is 0 Å². The lowest BCUT2D eigenvalue weighted by atomic mass is 9.84. The normalized spacial score (nSPS) is 11.9. The molecule has 1 aromatic heterocycles. The number of nitrogens with zero attached hydrogens (tertiary/aromatic N) is 1. The first-order chi connectivity index (χ1) is 6.38. The van der Waals surface area contributed by atoms with Gasteiger partial charge in [0.25, 0.3) is 0 Å². The lowest BCUT2D eigenvalue weighted by Gasteiger charge is -2.24. The van der Waals surface area contributed by atoms with Crippen molar-refractivity contribution in [3.63, 3.8) is 0 Å². The summed E-state index contributed by atoms with van der Waals surface area (Å²) in [6.45, 7) is 10.7. The molecule has 0 aromatic carbocycles. The average molecular weight is 212 g/mol. The first-order valence-corrected chi connectivity index (χ1v) is 5.40. The lowest BCUT2D eigenvalue weighted by Crippen LogP contribution is -2.15. The molecule has 1 aromatic rings. The summed E-state index contributed by atoms with van der Waals surface area (Å²) < 4.78 is 0. The molecule has 0 spiro atoms. The number of aryl methyl sites for hydroxylation is 2. The second kappa shape index (κ2) is 3.90. The van der Waals surface area contributed by atoms with Crippen LogP contribution in [0.4, 0.5) is 0 Å². The van der Waals surface area contributed by atoms with Gasteiger partial charge in [0, 0.05) is 6.20 Å². The van der Waals surface area contributed by atoms with E-state index in [1.54, 1.807) is 0 Å². The van der Waals surface area contributed by atoms with E-state index >= 15 is 0 Å². The number of halogens is 1. The third-order valence-electron chi connectivity index (χ3n) is 2.37. The highest BCUT2D eigenvalue weighted by Gasteiger charge is 2.21. The van der Waals surface area contributed by atoms with Gasteiger partial charge in [0.2, 0.25) is 0 Å². The van der Waals surface area contributed by atoms with Crippen molar-refractivity contribution in [2.45, 2.75) is 46.5 Å². The van der Waals surface area contributed by atoms with E-state index in [-0.39, 0.29) is 5.41 Å². The van der Waals surface area contributed by atoms with Gasteiger partial charge in [-0.1, -0.05) is 39.3 Å². The highest BCUT2D eigenvalue weighted by atomic mass is 35.5. The van der Waals surface area contributed by atoms with E-state index < -0.39 is 0 Å². The Labute approximate surface area is 91.5 Å². The smallest absolute Gasteiger partial charge is 0.0661 e. The maximum Gasteiger partial charge on any atom is 0.0661 e. The van der Waals surface area contributed by atoms with Gasteiger partial charge in [-0.3, -0.25) is 4.98 Å². The number of hydrogen-bond donors (Lipinski definition) is 0. The van der Waals surface area contributed by atoms with Gasteiger partial charge in [-0.05, 0) is 29.9 Å². The van der Waals surface area contributed by atoms with E-state index in [4.69, 9.17) is 11.6 Å². The topological polar surface area (TPSA) is 12.9 Å². The fraction of sp³-hybridized carbons (Fsp3) is 0.583. The first-order valence-electron chi connectivity index (χ1n) is 5.02. The molecule has 0 unspecified atom stereocenters. The van der Waals surface area contributed by atoms with Gasteiger partial charge in [-0.15, -0.1) is 0 Å². The molecule has 78 valence electrons. The molecule has 0 aliphatic rings. The predicted molar refractivity (Wildman–Crippen MR) is 62.1 cm³/mol. The fourth-order valence-electron chi connectivity index (χ4n) is 1.78. The molecule has 0 bridgehead atoms. The van der Waals surface area contributed by atoms with Gasteiger partial charge in [0.05, 0.1) is 10.7 Å². The number of rotatable bonds is 1. The Morgan fingerprint density at radius 1 is 1.36 bits per heavy atom. The molecule has 0 amide bonds. The van der Waals surface area contributed by atoms with Crippen LogP contribution >= 0.6 is 11.6 Å². The Balaban J connectivity index is 3.40. The van der Waals surface area contributed by atoms with Crippen LogP contribution in [0.1, 0.15) is 44.5 Å². The molecule has 1 nitrogen and oxygen atoms in total. The fourth-order valence-corrected chi connectivity index (χ4v) is 2.40. The molecular formula is C12H18ClN. The maximum absolute atomic E-state index is 6.34. The molecule has 0 N–H and O–H groups in total. The standard InChI is InChI=1S/C12H18ClN/c1-6-9-11(13)10(12(3,4)5)8(2)7-14-9/h7H,6H2,1-5H3. The quantitative estimate of drug-likeness (QED) is 0.687. The van der Waals surface area contributed by atoms with Crippen molar-refractivity contribution in [3.8, 4) is 0 Å². The summed E-state index contributed by atoms with van der Waals surface area (Å²) in [5, 5.41) is 0.847.